The number of rotatable bonds is 6. The predicted molar refractivity (Wildman–Crippen MR) is 112 cm³/mol. The van der Waals surface area contributed by atoms with Crippen molar-refractivity contribution in [3.8, 4) is 22.3 Å². The summed E-state index contributed by atoms with van der Waals surface area (Å²) >= 11 is 1.42. The molecular formula is C19H16N8O2S. The summed E-state index contributed by atoms with van der Waals surface area (Å²) in [6.07, 6.45) is 3.39. The summed E-state index contributed by atoms with van der Waals surface area (Å²) in [4.78, 5) is 13.2. The van der Waals surface area contributed by atoms with Crippen molar-refractivity contribution >= 4 is 33.7 Å². The first kappa shape index (κ1) is 18.2. The van der Waals surface area contributed by atoms with Gasteiger partial charge in [-0.05, 0) is 18.2 Å². The van der Waals surface area contributed by atoms with Crippen LogP contribution in [0.15, 0.2) is 42.0 Å². The van der Waals surface area contributed by atoms with Crippen LogP contribution in [0.1, 0.15) is 5.82 Å². The van der Waals surface area contributed by atoms with Gasteiger partial charge in [0.05, 0.1) is 38.2 Å². The molecule has 10 nitrogen and oxygen atoms in total. The molecule has 11 heteroatoms. The fourth-order valence-corrected chi connectivity index (χ4v) is 3.62. The molecule has 1 N–H and O–H groups in total. The summed E-state index contributed by atoms with van der Waals surface area (Å²) in [5.41, 5.74) is 4.43. The van der Waals surface area contributed by atoms with Crippen LogP contribution in [0, 0.1) is 0 Å². The van der Waals surface area contributed by atoms with E-state index in [2.05, 4.69) is 35.6 Å². The van der Waals surface area contributed by atoms with Crippen LogP contribution in [0.25, 0.3) is 28.1 Å². The highest BCUT2D eigenvalue weighted by atomic mass is 32.1. The average molecular weight is 420 g/mol. The van der Waals surface area contributed by atoms with Crippen molar-refractivity contribution in [1.82, 2.24) is 34.8 Å². The Hall–Kier alpha value is -3.86. The number of thiazole rings is 1. The summed E-state index contributed by atoms with van der Waals surface area (Å²) in [5.74, 6) is 1.32. The van der Waals surface area contributed by atoms with Crippen molar-refractivity contribution in [2.45, 2.75) is 6.54 Å². The average Bonchev–Trinajstić information content (AvgIpc) is 3.43. The maximum atomic E-state index is 5.22. The topological polar surface area (TPSA) is 112 Å². The van der Waals surface area contributed by atoms with Crippen molar-refractivity contribution in [3.05, 3.63) is 47.9 Å². The fraction of sp³-hybridized carbons (Fsp3) is 0.158. The Kier molecular flexibility index (Phi) is 4.56. The first-order chi connectivity index (χ1) is 14.7. The van der Waals surface area contributed by atoms with Crippen molar-refractivity contribution in [1.29, 1.82) is 0 Å². The van der Waals surface area contributed by atoms with Gasteiger partial charge >= 0.3 is 0 Å². The van der Waals surface area contributed by atoms with Crippen LogP contribution in [-0.4, -0.2) is 49.0 Å². The molecule has 5 heterocycles. The fourth-order valence-electron chi connectivity index (χ4n) is 2.99. The third-order valence-electron chi connectivity index (χ3n) is 4.47. The molecule has 0 spiro atoms. The van der Waals surface area contributed by atoms with Crippen molar-refractivity contribution in [3.63, 3.8) is 0 Å². The van der Waals surface area contributed by atoms with Gasteiger partial charge in [0, 0.05) is 17.6 Å². The quantitative estimate of drug-likeness (QED) is 0.443. The minimum absolute atomic E-state index is 0.408. The molecule has 0 aromatic carbocycles. The summed E-state index contributed by atoms with van der Waals surface area (Å²) in [6, 6.07) is 7.44. The van der Waals surface area contributed by atoms with Crippen LogP contribution in [0.3, 0.4) is 0 Å². The molecule has 0 aliphatic heterocycles. The molecule has 0 atom stereocenters. The van der Waals surface area contributed by atoms with Gasteiger partial charge in [-0.15, -0.1) is 10.2 Å². The Morgan fingerprint density at radius 3 is 2.83 bits per heavy atom. The number of pyridine rings is 2. The first-order valence-corrected chi connectivity index (χ1v) is 9.87. The number of nitrogens with one attached hydrogen (secondary N) is 1. The van der Waals surface area contributed by atoms with Crippen molar-refractivity contribution in [2.24, 2.45) is 0 Å². The third kappa shape index (κ3) is 3.24. The lowest BCUT2D eigenvalue weighted by Gasteiger charge is -2.08. The molecule has 5 aromatic heterocycles. The number of fused-ring (bicyclic) bond motifs is 2. The van der Waals surface area contributed by atoms with E-state index in [9.17, 15) is 0 Å². The zero-order valence-electron chi connectivity index (χ0n) is 16.1. The number of methoxy groups -OCH3 is 2. The smallest absolute Gasteiger partial charge is 0.273 e. The Morgan fingerprint density at radius 2 is 2.00 bits per heavy atom. The molecule has 0 saturated carbocycles. The Labute approximate surface area is 174 Å². The van der Waals surface area contributed by atoms with E-state index in [4.69, 9.17) is 9.47 Å². The number of hydrogen-bond acceptors (Lipinski definition) is 10. The highest BCUT2D eigenvalue weighted by Gasteiger charge is 2.12. The molecule has 5 aromatic rings. The second-order valence-electron chi connectivity index (χ2n) is 6.26. The second kappa shape index (κ2) is 7.52. The maximum absolute atomic E-state index is 5.22. The molecule has 0 unspecified atom stereocenters. The number of hydrogen-bond donors (Lipinski definition) is 1. The Balaban J connectivity index is 1.44. The van der Waals surface area contributed by atoms with E-state index in [0.29, 0.717) is 34.7 Å². The van der Waals surface area contributed by atoms with E-state index in [1.54, 1.807) is 31.1 Å². The van der Waals surface area contributed by atoms with Crippen LogP contribution in [0.5, 0.6) is 10.9 Å². The van der Waals surface area contributed by atoms with Crippen LogP contribution in [-0.2, 0) is 6.54 Å². The summed E-state index contributed by atoms with van der Waals surface area (Å²) in [6.45, 7) is 0.408. The molecule has 0 aliphatic carbocycles. The summed E-state index contributed by atoms with van der Waals surface area (Å²) in [7, 11) is 3.20. The lowest BCUT2D eigenvalue weighted by atomic mass is 10.2. The SMILES string of the molecule is COc1cnc2c(NCc3nnc4ccc(-c5csc(OC)n5)nn34)ccnc2c1. The number of ether oxygens (including phenoxy) is 2. The molecule has 150 valence electrons. The molecule has 0 saturated heterocycles. The van der Waals surface area contributed by atoms with Crippen LogP contribution >= 0.6 is 11.3 Å². The predicted octanol–water partition coefficient (Wildman–Crippen LogP) is 2.82. The lowest BCUT2D eigenvalue weighted by Crippen LogP contribution is -2.07. The molecule has 0 radical (unpaired) electrons. The van der Waals surface area contributed by atoms with Crippen molar-refractivity contribution in [2.75, 3.05) is 19.5 Å². The summed E-state index contributed by atoms with van der Waals surface area (Å²) in [5, 5.41) is 18.9. The highest BCUT2D eigenvalue weighted by Crippen LogP contribution is 2.25. The highest BCUT2D eigenvalue weighted by molar-refractivity contribution is 7.11. The van der Waals surface area contributed by atoms with Gasteiger partial charge in [0.1, 0.15) is 22.7 Å². The zero-order chi connectivity index (χ0) is 20.5. The molecular weight excluding hydrogens is 404 g/mol. The van der Waals surface area contributed by atoms with E-state index in [0.717, 1.165) is 22.4 Å². The van der Waals surface area contributed by atoms with E-state index < -0.39 is 0 Å². The largest absolute Gasteiger partial charge is 0.495 e. The normalized spacial score (nSPS) is 11.1. The first-order valence-electron chi connectivity index (χ1n) is 8.99. The van der Waals surface area contributed by atoms with Gasteiger partial charge < -0.3 is 14.8 Å². The second-order valence-corrected chi connectivity index (χ2v) is 7.08. The van der Waals surface area contributed by atoms with Crippen LogP contribution in [0.4, 0.5) is 5.69 Å². The van der Waals surface area contributed by atoms with E-state index in [1.165, 1.54) is 11.3 Å². The standard InChI is InChI=1S/C19H16N8O2S/c1-28-11-7-14-18(22-8-11)13(5-6-20-14)21-9-17-25-24-16-4-3-12(26-27(16)17)15-10-30-19(23-15)29-2/h3-8,10H,9H2,1-2H3,(H,20,21). The van der Waals surface area contributed by atoms with Gasteiger partial charge in [0.2, 0.25) is 0 Å². The van der Waals surface area contributed by atoms with Gasteiger partial charge in [-0.1, -0.05) is 11.3 Å². The van der Waals surface area contributed by atoms with E-state index in [1.807, 2.05) is 29.6 Å². The van der Waals surface area contributed by atoms with Crippen LogP contribution in [0.2, 0.25) is 0 Å². The monoisotopic (exact) mass is 420 g/mol. The van der Waals surface area contributed by atoms with Gasteiger partial charge in [0.25, 0.3) is 5.19 Å². The Morgan fingerprint density at radius 1 is 1.07 bits per heavy atom. The Bertz CT molecular complexity index is 1350. The van der Waals surface area contributed by atoms with Crippen molar-refractivity contribution < 1.29 is 9.47 Å². The van der Waals surface area contributed by atoms with Gasteiger partial charge in [-0.3, -0.25) is 4.98 Å². The number of aromatic nitrogens is 7. The molecule has 0 bridgehead atoms. The molecule has 0 fully saturated rings. The van der Waals surface area contributed by atoms with Crippen LogP contribution < -0.4 is 14.8 Å². The molecule has 0 amide bonds. The van der Waals surface area contributed by atoms with E-state index in [-0.39, 0.29) is 0 Å². The summed E-state index contributed by atoms with van der Waals surface area (Å²) < 4.78 is 12.1. The molecule has 5 rings (SSSR count). The van der Waals surface area contributed by atoms with E-state index >= 15 is 0 Å². The lowest BCUT2D eigenvalue weighted by molar-refractivity contribution is 0.412. The minimum atomic E-state index is 0.408. The molecule has 0 aliphatic rings. The number of nitrogens with zero attached hydrogens (tertiary/aromatic N) is 7. The van der Waals surface area contributed by atoms with Gasteiger partial charge in [-0.25, -0.2) is 9.97 Å². The number of anilines is 1. The third-order valence-corrected chi connectivity index (χ3v) is 5.27. The maximum Gasteiger partial charge on any atom is 0.273 e. The zero-order valence-corrected chi connectivity index (χ0v) is 16.9. The minimum Gasteiger partial charge on any atom is -0.495 e. The molecule has 30 heavy (non-hydrogen) atoms. The van der Waals surface area contributed by atoms with Gasteiger partial charge in [0.15, 0.2) is 11.5 Å². The van der Waals surface area contributed by atoms with Gasteiger partial charge in [-0.2, -0.15) is 9.61 Å².